The Morgan fingerprint density at radius 1 is 0.853 bits per heavy atom. The molecule has 1 aliphatic carbocycles. The zero-order valence-corrected chi connectivity index (χ0v) is 19.8. The number of Topliss-reactive ketones (excluding diaryl/α,β-unsaturated/α-hetero) is 1. The Bertz CT molecular complexity index is 1230. The number of ketones is 1. The molecule has 0 saturated heterocycles. The van der Waals surface area contributed by atoms with E-state index >= 15 is 0 Å². The maximum absolute atomic E-state index is 13.7. The summed E-state index contributed by atoms with van der Waals surface area (Å²) < 4.78 is 11.6. The van der Waals surface area contributed by atoms with E-state index in [-0.39, 0.29) is 23.8 Å². The molecule has 2 unspecified atom stereocenters. The van der Waals surface area contributed by atoms with Gasteiger partial charge in [0.2, 0.25) is 0 Å². The first kappa shape index (κ1) is 22.1. The molecule has 0 fully saturated rings. The third kappa shape index (κ3) is 4.26. The Kier molecular flexibility index (Phi) is 6.01. The molecule has 5 heteroatoms. The lowest BCUT2D eigenvalue weighted by molar-refractivity contribution is -0.116. The maximum Gasteiger partial charge on any atom is 0.163 e. The third-order valence-corrected chi connectivity index (χ3v) is 6.46. The van der Waals surface area contributed by atoms with Crippen LogP contribution in [-0.4, -0.2) is 19.0 Å². The van der Waals surface area contributed by atoms with Gasteiger partial charge in [0.15, 0.2) is 17.3 Å². The number of methoxy groups -OCH3 is 1. The molecule has 2 atom stereocenters. The number of hydrogen-bond acceptors (Lipinski definition) is 5. The fourth-order valence-electron chi connectivity index (χ4n) is 4.92. The molecule has 2 aliphatic rings. The Morgan fingerprint density at radius 3 is 2.32 bits per heavy atom. The van der Waals surface area contributed by atoms with Crippen molar-refractivity contribution in [1.29, 1.82) is 0 Å². The zero-order chi connectivity index (χ0) is 23.7. The van der Waals surface area contributed by atoms with E-state index in [1.165, 1.54) is 5.56 Å². The van der Waals surface area contributed by atoms with Crippen molar-refractivity contribution in [3.05, 3.63) is 95.2 Å². The number of rotatable bonds is 5. The average Bonchev–Trinajstić information content (AvgIpc) is 3.01. The van der Waals surface area contributed by atoms with Gasteiger partial charge in [-0.2, -0.15) is 0 Å². The molecule has 0 aromatic heterocycles. The highest BCUT2D eigenvalue weighted by Gasteiger charge is 2.36. The second-order valence-electron chi connectivity index (χ2n) is 9.16. The Balaban J connectivity index is 1.59. The quantitative estimate of drug-likeness (QED) is 0.463. The number of benzene rings is 3. The molecule has 0 bridgehead atoms. The van der Waals surface area contributed by atoms with Crippen molar-refractivity contribution in [2.45, 2.75) is 44.8 Å². The van der Waals surface area contributed by atoms with E-state index < -0.39 is 0 Å². The predicted molar refractivity (Wildman–Crippen MR) is 136 cm³/mol. The van der Waals surface area contributed by atoms with Gasteiger partial charge >= 0.3 is 0 Å². The van der Waals surface area contributed by atoms with Crippen LogP contribution in [0.2, 0.25) is 0 Å². The van der Waals surface area contributed by atoms with Crippen LogP contribution in [0.15, 0.2) is 84.1 Å². The summed E-state index contributed by atoms with van der Waals surface area (Å²) in [5.41, 5.74) is 5.88. The summed E-state index contributed by atoms with van der Waals surface area (Å²) in [6, 6.07) is 24.1. The van der Waals surface area contributed by atoms with Crippen molar-refractivity contribution in [2.75, 3.05) is 17.7 Å². The van der Waals surface area contributed by atoms with Crippen molar-refractivity contribution in [1.82, 2.24) is 0 Å². The van der Waals surface area contributed by atoms with E-state index in [0.717, 1.165) is 34.6 Å². The van der Waals surface area contributed by atoms with Crippen LogP contribution < -0.4 is 20.1 Å². The monoisotopic (exact) mass is 454 g/mol. The number of anilines is 2. The number of allylic oxidation sites excluding steroid dienone is 1. The SMILES string of the molecule is COc1cc(C2Nc3ccccc3NC3=C2C(=O)CC(c2ccccc2)C3)ccc1OC(C)C. The predicted octanol–water partition coefficient (Wildman–Crippen LogP) is 6.46. The molecule has 3 aromatic carbocycles. The number of ether oxygens (including phenoxy) is 2. The van der Waals surface area contributed by atoms with Crippen molar-refractivity contribution in [3.63, 3.8) is 0 Å². The van der Waals surface area contributed by atoms with Gasteiger partial charge in [-0.1, -0.05) is 48.5 Å². The Labute approximate surface area is 200 Å². The molecule has 5 nitrogen and oxygen atoms in total. The van der Waals surface area contributed by atoms with Crippen molar-refractivity contribution in [2.24, 2.45) is 0 Å². The van der Waals surface area contributed by atoms with Gasteiger partial charge in [-0.15, -0.1) is 0 Å². The van der Waals surface area contributed by atoms with Crippen LogP contribution >= 0.6 is 0 Å². The number of nitrogens with one attached hydrogen (secondary N) is 2. The maximum atomic E-state index is 13.7. The average molecular weight is 455 g/mol. The summed E-state index contributed by atoms with van der Waals surface area (Å²) in [7, 11) is 1.64. The highest BCUT2D eigenvalue weighted by atomic mass is 16.5. The molecule has 0 spiro atoms. The van der Waals surface area contributed by atoms with E-state index in [4.69, 9.17) is 9.47 Å². The van der Waals surface area contributed by atoms with Gasteiger partial charge in [0.05, 0.1) is 30.6 Å². The lowest BCUT2D eigenvalue weighted by Crippen LogP contribution is -2.26. The minimum Gasteiger partial charge on any atom is -0.493 e. The second kappa shape index (κ2) is 9.26. The first-order valence-electron chi connectivity index (χ1n) is 11.8. The van der Waals surface area contributed by atoms with Crippen LogP contribution in [0.4, 0.5) is 11.4 Å². The van der Waals surface area contributed by atoms with Gasteiger partial charge < -0.3 is 20.1 Å². The van der Waals surface area contributed by atoms with E-state index in [9.17, 15) is 4.79 Å². The molecule has 1 heterocycles. The second-order valence-corrected chi connectivity index (χ2v) is 9.16. The largest absolute Gasteiger partial charge is 0.493 e. The van der Waals surface area contributed by atoms with Gasteiger partial charge in [-0.3, -0.25) is 4.79 Å². The van der Waals surface area contributed by atoms with Crippen molar-refractivity contribution >= 4 is 17.2 Å². The molecule has 34 heavy (non-hydrogen) atoms. The molecule has 0 radical (unpaired) electrons. The molecule has 174 valence electrons. The standard InChI is InChI=1S/C29H30N2O3/c1-18(2)34-26-14-13-20(17-27(26)33-3)29-28-24(30-22-11-7-8-12-23(22)31-29)15-21(16-25(28)32)19-9-5-4-6-10-19/h4-14,17-18,21,29-31H,15-16H2,1-3H3. The van der Waals surface area contributed by atoms with Crippen LogP contribution in [0, 0.1) is 0 Å². The summed E-state index contributed by atoms with van der Waals surface area (Å²) >= 11 is 0. The first-order valence-corrected chi connectivity index (χ1v) is 11.8. The van der Waals surface area contributed by atoms with Gasteiger partial charge in [-0.05, 0) is 61.6 Å². The number of hydrogen-bond donors (Lipinski definition) is 2. The van der Waals surface area contributed by atoms with Crippen molar-refractivity contribution < 1.29 is 14.3 Å². The number of carbonyl (C=O) groups is 1. The van der Waals surface area contributed by atoms with E-state index in [1.807, 2.05) is 74.5 Å². The van der Waals surface area contributed by atoms with Crippen LogP contribution in [0.1, 0.15) is 49.8 Å². The molecule has 3 aromatic rings. The lowest BCUT2D eigenvalue weighted by atomic mass is 9.78. The topological polar surface area (TPSA) is 59.6 Å². The van der Waals surface area contributed by atoms with E-state index in [0.29, 0.717) is 17.9 Å². The summed E-state index contributed by atoms with van der Waals surface area (Å²) in [6.45, 7) is 3.98. The van der Waals surface area contributed by atoms with Gasteiger partial charge in [0, 0.05) is 17.7 Å². The lowest BCUT2D eigenvalue weighted by Gasteiger charge is -2.30. The number of fused-ring (bicyclic) bond motifs is 1. The highest BCUT2D eigenvalue weighted by Crippen LogP contribution is 2.45. The smallest absolute Gasteiger partial charge is 0.163 e. The minimum absolute atomic E-state index is 0.0379. The first-order chi connectivity index (χ1) is 16.5. The summed E-state index contributed by atoms with van der Waals surface area (Å²) in [4.78, 5) is 13.7. The third-order valence-electron chi connectivity index (χ3n) is 6.46. The molecule has 5 rings (SSSR count). The fraction of sp³-hybridized carbons (Fsp3) is 0.276. The van der Waals surface area contributed by atoms with Crippen LogP contribution in [0.3, 0.4) is 0 Å². The van der Waals surface area contributed by atoms with Gasteiger partial charge in [-0.25, -0.2) is 0 Å². The summed E-state index contributed by atoms with van der Waals surface area (Å²) in [5.74, 6) is 1.67. The number of carbonyl (C=O) groups excluding carboxylic acids is 1. The molecule has 0 amide bonds. The fourth-order valence-corrected chi connectivity index (χ4v) is 4.92. The van der Waals surface area contributed by atoms with Crippen LogP contribution in [0.25, 0.3) is 0 Å². The van der Waals surface area contributed by atoms with Crippen molar-refractivity contribution in [3.8, 4) is 11.5 Å². The molecule has 1 aliphatic heterocycles. The Hall–Kier alpha value is -3.73. The minimum atomic E-state index is -0.294. The summed E-state index contributed by atoms with van der Waals surface area (Å²) in [5, 5.41) is 7.23. The summed E-state index contributed by atoms with van der Waals surface area (Å²) in [6.07, 6.45) is 1.31. The van der Waals surface area contributed by atoms with Gasteiger partial charge in [0.25, 0.3) is 0 Å². The van der Waals surface area contributed by atoms with Crippen LogP contribution in [-0.2, 0) is 4.79 Å². The highest BCUT2D eigenvalue weighted by molar-refractivity contribution is 6.01. The molecular formula is C29H30N2O3. The number of para-hydroxylation sites is 2. The zero-order valence-electron chi connectivity index (χ0n) is 19.8. The molecule has 2 N–H and O–H groups in total. The normalized spacial score (nSPS) is 19.5. The molecular weight excluding hydrogens is 424 g/mol. The van der Waals surface area contributed by atoms with Gasteiger partial charge in [0.1, 0.15) is 0 Å². The van der Waals surface area contributed by atoms with Crippen LogP contribution in [0.5, 0.6) is 11.5 Å². The Morgan fingerprint density at radius 2 is 1.59 bits per heavy atom. The van der Waals surface area contributed by atoms with E-state index in [1.54, 1.807) is 7.11 Å². The van der Waals surface area contributed by atoms with E-state index in [2.05, 4.69) is 22.8 Å². The molecule has 0 saturated carbocycles.